The van der Waals surface area contributed by atoms with Crippen LogP contribution in [0.2, 0.25) is 0 Å². The fourth-order valence-electron chi connectivity index (χ4n) is 1.99. The second kappa shape index (κ2) is 10.4. The van der Waals surface area contributed by atoms with Gasteiger partial charge in [0.05, 0.1) is 0 Å². The Morgan fingerprint density at radius 1 is 0.905 bits per heavy atom. The lowest BCUT2D eigenvalue weighted by atomic mass is 9.81. The Balaban J connectivity index is 0. The first-order valence-electron chi connectivity index (χ1n) is 6.15. The zero-order chi connectivity index (χ0) is 17.3. The van der Waals surface area contributed by atoms with Gasteiger partial charge in [0.2, 0.25) is 0 Å². The molecule has 0 bridgehead atoms. The SMILES string of the molecule is CCCC1CC[C@@H](N)[C@H](N)C1.O=S(=O)(O)O.O=S(=O)(O)O. The van der Waals surface area contributed by atoms with Crippen molar-refractivity contribution in [2.75, 3.05) is 0 Å². The normalized spacial score (nSPS) is 26.0. The molecule has 3 atom stereocenters. The molecule has 1 unspecified atom stereocenters. The topological polar surface area (TPSA) is 201 Å². The van der Waals surface area contributed by atoms with E-state index in [2.05, 4.69) is 6.92 Å². The zero-order valence-corrected chi connectivity index (χ0v) is 13.3. The summed E-state index contributed by atoms with van der Waals surface area (Å²) in [7, 11) is -9.33. The molecule has 10 nitrogen and oxygen atoms in total. The summed E-state index contributed by atoms with van der Waals surface area (Å²) in [5.74, 6) is 0.856. The molecule has 1 saturated carbocycles. The third kappa shape index (κ3) is 25.0. The van der Waals surface area contributed by atoms with Crippen molar-refractivity contribution >= 4 is 20.8 Å². The van der Waals surface area contributed by atoms with Crippen molar-refractivity contribution in [1.29, 1.82) is 0 Å². The van der Waals surface area contributed by atoms with Crippen molar-refractivity contribution in [3.63, 3.8) is 0 Å². The number of hydrogen-bond acceptors (Lipinski definition) is 6. The lowest BCUT2D eigenvalue weighted by Gasteiger charge is -2.31. The first-order chi connectivity index (χ1) is 9.24. The van der Waals surface area contributed by atoms with Gasteiger partial charge >= 0.3 is 20.8 Å². The van der Waals surface area contributed by atoms with Gasteiger partial charge in [-0.05, 0) is 25.2 Å². The lowest BCUT2D eigenvalue weighted by Crippen LogP contribution is -2.45. The van der Waals surface area contributed by atoms with Gasteiger partial charge in [0.15, 0.2) is 0 Å². The van der Waals surface area contributed by atoms with E-state index in [1.54, 1.807) is 0 Å². The monoisotopic (exact) mass is 352 g/mol. The molecule has 0 aliphatic heterocycles. The van der Waals surface area contributed by atoms with Crippen molar-refractivity contribution in [1.82, 2.24) is 0 Å². The van der Waals surface area contributed by atoms with Gasteiger partial charge in [-0.25, -0.2) is 0 Å². The standard InChI is InChI=1S/C9H20N2.2H2O4S/c1-2-3-7-4-5-8(10)9(11)6-7;2*1-5(2,3)4/h7-9H,2-6,10-11H2,1H3;2*(H2,1,2,3,4)/t7?,8-,9-;;/m1../s1. The van der Waals surface area contributed by atoms with Crippen molar-refractivity contribution in [3.05, 3.63) is 0 Å². The summed E-state index contributed by atoms with van der Waals surface area (Å²) in [5, 5.41) is 0. The fourth-order valence-corrected chi connectivity index (χ4v) is 1.99. The zero-order valence-electron chi connectivity index (χ0n) is 11.7. The van der Waals surface area contributed by atoms with Crippen LogP contribution in [-0.4, -0.2) is 47.1 Å². The molecule has 0 aromatic carbocycles. The summed E-state index contributed by atoms with van der Waals surface area (Å²) in [5.41, 5.74) is 11.7. The average molecular weight is 352 g/mol. The van der Waals surface area contributed by atoms with Crippen molar-refractivity contribution in [2.45, 2.75) is 51.1 Å². The third-order valence-corrected chi connectivity index (χ3v) is 2.76. The van der Waals surface area contributed by atoms with Gasteiger partial charge in [0.1, 0.15) is 0 Å². The van der Waals surface area contributed by atoms with E-state index < -0.39 is 20.8 Å². The Morgan fingerprint density at radius 3 is 1.57 bits per heavy atom. The first-order valence-corrected chi connectivity index (χ1v) is 8.94. The molecule has 0 aromatic rings. The van der Waals surface area contributed by atoms with Crippen LogP contribution >= 0.6 is 0 Å². The molecular formula is C9H24N2O8S2. The second-order valence-electron chi connectivity index (χ2n) is 4.69. The number of rotatable bonds is 2. The maximum absolute atomic E-state index is 8.74. The highest BCUT2D eigenvalue weighted by Crippen LogP contribution is 2.25. The van der Waals surface area contributed by atoms with Crippen molar-refractivity contribution < 1.29 is 35.0 Å². The van der Waals surface area contributed by atoms with E-state index in [0.29, 0.717) is 0 Å². The van der Waals surface area contributed by atoms with Crippen LogP contribution < -0.4 is 11.5 Å². The predicted molar refractivity (Wildman–Crippen MR) is 76.6 cm³/mol. The Morgan fingerprint density at radius 2 is 1.29 bits per heavy atom. The maximum atomic E-state index is 8.74. The van der Waals surface area contributed by atoms with E-state index in [4.69, 9.17) is 46.5 Å². The molecule has 1 rings (SSSR count). The van der Waals surface area contributed by atoms with Crippen molar-refractivity contribution in [2.24, 2.45) is 17.4 Å². The Kier molecular flexibility index (Phi) is 11.4. The Bertz CT molecular complexity index is 418. The quantitative estimate of drug-likeness (QED) is 0.365. The Hall–Kier alpha value is -0.340. The first kappa shape index (κ1) is 22.9. The number of hydrogen-bond donors (Lipinski definition) is 6. The highest BCUT2D eigenvalue weighted by Gasteiger charge is 2.24. The van der Waals surface area contributed by atoms with Crippen LogP contribution in [0.5, 0.6) is 0 Å². The minimum atomic E-state index is -4.67. The average Bonchev–Trinajstić information content (AvgIpc) is 2.19. The lowest BCUT2D eigenvalue weighted by molar-refractivity contribution is 0.275. The van der Waals surface area contributed by atoms with Gasteiger partial charge in [0.25, 0.3) is 0 Å². The summed E-state index contributed by atoms with van der Waals surface area (Å²) in [6.07, 6.45) is 6.19. The van der Waals surface area contributed by atoms with Gasteiger partial charge in [-0.15, -0.1) is 0 Å². The molecule has 12 heteroatoms. The summed E-state index contributed by atoms with van der Waals surface area (Å²) < 4.78 is 63.2. The van der Waals surface area contributed by atoms with Crippen LogP contribution in [0.4, 0.5) is 0 Å². The minimum absolute atomic E-state index is 0.264. The van der Waals surface area contributed by atoms with E-state index in [9.17, 15) is 0 Å². The molecular weight excluding hydrogens is 328 g/mol. The molecule has 0 spiro atoms. The molecule has 8 N–H and O–H groups in total. The Labute approximate surface area is 125 Å². The van der Waals surface area contributed by atoms with Gasteiger partial charge in [0, 0.05) is 12.1 Å². The van der Waals surface area contributed by atoms with E-state index in [-0.39, 0.29) is 12.1 Å². The van der Waals surface area contributed by atoms with E-state index in [0.717, 1.165) is 18.8 Å². The molecule has 1 aliphatic rings. The summed E-state index contributed by atoms with van der Waals surface area (Å²) >= 11 is 0. The van der Waals surface area contributed by atoms with Gasteiger partial charge in [-0.1, -0.05) is 19.8 Å². The predicted octanol–water partition coefficient (Wildman–Crippen LogP) is -0.0644. The van der Waals surface area contributed by atoms with Gasteiger partial charge in [-0.3, -0.25) is 18.2 Å². The van der Waals surface area contributed by atoms with Crippen LogP contribution in [-0.2, 0) is 20.8 Å². The molecule has 21 heavy (non-hydrogen) atoms. The van der Waals surface area contributed by atoms with E-state index in [1.165, 1.54) is 19.3 Å². The third-order valence-electron chi connectivity index (χ3n) is 2.76. The molecule has 0 aromatic heterocycles. The van der Waals surface area contributed by atoms with Crippen molar-refractivity contribution in [3.8, 4) is 0 Å². The number of nitrogens with two attached hydrogens (primary N) is 2. The van der Waals surface area contributed by atoms with E-state index >= 15 is 0 Å². The minimum Gasteiger partial charge on any atom is -0.326 e. The maximum Gasteiger partial charge on any atom is 0.394 e. The second-order valence-corrected chi connectivity index (χ2v) is 6.48. The van der Waals surface area contributed by atoms with E-state index in [1.807, 2.05) is 0 Å². The summed E-state index contributed by atoms with van der Waals surface area (Å²) in [6.45, 7) is 2.24. The summed E-state index contributed by atoms with van der Waals surface area (Å²) in [4.78, 5) is 0. The highest BCUT2D eigenvalue weighted by molar-refractivity contribution is 7.80. The van der Waals surface area contributed by atoms with Crippen LogP contribution in [0.15, 0.2) is 0 Å². The molecule has 0 radical (unpaired) electrons. The van der Waals surface area contributed by atoms with Gasteiger partial charge in [-0.2, -0.15) is 16.8 Å². The van der Waals surface area contributed by atoms with Crippen LogP contribution in [0.25, 0.3) is 0 Å². The van der Waals surface area contributed by atoms with Crippen LogP contribution in [0.3, 0.4) is 0 Å². The highest BCUT2D eigenvalue weighted by atomic mass is 32.3. The molecule has 0 saturated heterocycles. The fraction of sp³-hybridized carbons (Fsp3) is 1.00. The molecule has 1 aliphatic carbocycles. The largest absolute Gasteiger partial charge is 0.394 e. The molecule has 1 fully saturated rings. The van der Waals surface area contributed by atoms with Gasteiger partial charge < -0.3 is 11.5 Å². The van der Waals surface area contributed by atoms with Crippen LogP contribution in [0.1, 0.15) is 39.0 Å². The molecule has 0 amide bonds. The molecule has 0 heterocycles. The summed E-state index contributed by atoms with van der Waals surface area (Å²) in [6, 6.07) is 0.531. The van der Waals surface area contributed by atoms with Crippen LogP contribution in [0, 0.1) is 5.92 Å². The molecule has 130 valence electrons. The smallest absolute Gasteiger partial charge is 0.326 e.